The normalized spacial score (nSPS) is 16.8. The highest BCUT2D eigenvalue weighted by atomic mass is 35.5. The predicted molar refractivity (Wildman–Crippen MR) is 134 cm³/mol. The zero-order valence-corrected chi connectivity index (χ0v) is 21.0. The Morgan fingerprint density at radius 3 is 2.43 bits per heavy atom. The first-order valence-corrected chi connectivity index (χ1v) is 12.2. The summed E-state index contributed by atoms with van der Waals surface area (Å²) in [5.74, 6) is -0.585. The van der Waals surface area contributed by atoms with Gasteiger partial charge in [0.15, 0.2) is 0 Å². The minimum absolute atomic E-state index is 0.0574. The molecule has 0 N–H and O–H groups in total. The summed E-state index contributed by atoms with van der Waals surface area (Å²) in [6, 6.07) is 11.0. The molecule has 180 valence electrons. The number of nitrogens with zero attached hydrogens (tertiary/aromatic N) is 4. The number of hydrogen-bond acceptors (Lipinski definition) is 5. The second-order valence-corrected chi connectivity index (χ2v) is 9.84. The Morgan fingerprint density at radius 2 is 1.80 bits per heavy atom. The SMILES string of the molecule is Cc1cc(C#N)cc2c1cc(C(=O)c1c(Cl)ccc(C(=O)N3CCN(C4COC4)CC3)c1Cl)n2C. The van der Waals surface area contributed by atoms with E-state index in [1.54, 1.807) is 46.8 Å². The van der Waals surface area contributed by atoms with Crippen molar-refractivity contribution in [3.05, 3.63) is 68.3 Å². The molecule has 0 saturated carbocycles. The third-order valence-electron chi connectivity index (χ3n) is 7.02. The molecule has 35 heavy (non-hydrogen) atoms. The second-order valence-electron chi connectivity index (χ2n) is 9.06. The van der Waals surface area contributed by atoms with Crippen LogP contribution >= 0.6 is 23.2 Å². The van der Waals surface area contributed by atoms with Gasteiger partial charge in [-0.25, -0.2) is 0 Å². The van der Waals surface area contributed by atoms with Crippen molar-refractivity contribution in [3.8, 4) is 6.07 Å². The van der Waals surface area contributed by atoms with E-state index in [1.165, 1.54) is 0 Å². The van der Waals surface area contributed by atoms with E-state index in [4.69, 9.17) is 27.9 Å². The molecule has 0 unspecified atom stereocenters. The van der Waals surface area contributed by atoms with Crippen molar-refractivity contribution in [1.82, 2.24) is 14.4 Å². The maximum atomic E-state index is 13.7. The van der Waals surface area contributed by atoms with Gasteiger partial charge in [0, 0.05) is 44.1 Å². The number of amides is 1. The topological polar surface area (TPSA) is 78.6 Å². The van der Waals surface area contributed by atoms with Crippen molar-refractivity contribution in [3.63, 3.8) is 0 Å². The van der Waals surface area contributed by atoms with Crippen LogP contribution in [0.15, 0.2) is 30.3 Å². The number of piperazine rings is 1. The van der Waals surface area contributed by atoms with Crippen LogP contribution in [0.2, 0.25) is 10.0 Å². The van der Waals surface area contributed by atoms with E-state index in [9.17, 15) is 14.9 Å². The highest BCUT2D eigenvalue weighted by Crippen LogP contribution is 2.33. The number of ether oxygens (including phenoxy) is 1. The van der Waals surface area contributed by atoms with Gasteiger partial charge in [-0.05, 0) is 42.8 Å². The summed E-state index contributed by atoms with van der Waals surface area (Å²) in [5.41, 5.74) is 2.92. The maximum absolute atomic E-state index is 13.7. The lowest BCUT2D eigenvalue weighted by molar-refractivity contribution is -0.0746. The average molecular weight is 511 g/mol. The first-order valence-electron chi connectivity index (χ1n) is 11.4. The van der Waals surface area contributed by atoms with Gasteiger partial charge < -0.3 is 14.2 Å². The molecule has 2 saturated heterocycles. The van der Waals surface area contributed by atoms with E-state index >= 15 is 0 Å². The number of nitriles is 1. The number of aryl methyl sites for hydroxylation is 2. The van der Waals surface area contributed by atoms with Crippen LogP contribution in [-0.4, -0.2) is 71.5 Å². The van der Waals surface area contributed by atoms with Gasteiger partial charge in [-0.2, -0.15) is 5.26 Å². The van der Waals surface area contributed by atoms with Crippen LogP contribution in [-0.2, 0) is 11.8 Å². The van der Waals surface area contributed by atoms with Gasteiger partial charge in [0.1, 0.15) is 0 Å². The molecule has 3 aromatic rings. The van der Waals surface area contributed by atoms with E-state index in [1.807, 2.05) is 6.92 Å². The highest BCUT2D eigenvalue weighted by molar-refractivity contribution is 6.42. The van der Waals surface area contributed by atoms with Crippen molar-refractivity contribution in [2.45, 2.75) is 13.0 Å². The summed E-state index contributed by atoms with van der Waals surface area (Å²) >= 11 is 13.1. The first-order chi connectivity index (χ1) is 16.8. The molecule has 2 fully saturated rings. The van der Waals surface area contributed by atoms with Gasteiger partial charge in [0.25, 0.3) is 5.91 Å². The number of rotatable bonds is 4. The third kappa shape index (κ3) is 4.11. The van der Waals surface area contributed by atoms with Gasteiger partial charge in [0.2, 0.25) is 5.78 Å². The van der Waals surface area contributed by atoms with Crippen LogP contribution < -0.4 is 0 Å². The van der Waals surface area contributed by atoms with Crippen LogP contribution in [0, 0.1) is 18.3 Å². The minimum atomic E-state index is -0.374. The summed E-state index contributed by atoms with van der Waals surface area (Å²) in [6.07, 6.45) is 0. The summed E-state index contributed by atoms with van der Waals surface area (Å²) in [6.45, 7) is 6.10. The molecular formula is C26H24Cl2N4O3. The predicted octanol–water partition coefficient (Wildman–Crippen LogP) is 4.05. The number of carbonyl (C=O) groups excluding carboxylic acids is 2. The van der Waals surface area contributed by atoms with Crippen LogP contribution in [0.5, 0.6) is 0 Å². The zero-order valence-electron chi connectivity index (χ0n) is 19.5. The molecule has 1 amide bonds. The van der Waals surface area contributed by atoms with Crippen molar-refractivity contribution in [2.24, 2.45) is 7.05 Å². The molecule has 3 heterocycles. The van der Waals surface area contributed by atoms with Crippen LogP contribution in [0.3, 0.4) is 0 Å². The average Bonchev–Trinajstić information content (AvgIpc) is 3.15. The number of hydrogen-bond donors (Lipinski definition) is 0. The number of carbonyl (C=O) groups is 2. The molecule has 5 rings (SSSR count). The fourth-order valence-electron chi connectivity index (χ4n) is 4.84. The van der Waals surface area contributed by atoms with Crippen molar-refractivity contribution < 1.29 is 14.3 Å². The van der Waals surface area contributed by atoms with E-state index in [2.05, 4.69) is 11.0 Å². The molecule has 0 bridgehead atoms. The molecule has 2 aliphatic heterocycles. The quantitative estimate of drug-likeness (QED) is 0.494. The van der Waals surface area contributed by atoms with Gasteiger partial charge in [-0.3, -0.25) is 14.5 Å². The van der Waals surface area contributed by atoms with Crippen molar-refractivity contribution in [2.75, 3.05) is 39.4 Å². The fourth-order valence-corrected chi connectivity index (χ4v) is 5.46. The van der Waals surface area contributed by atoms with E-state index < -0.39 is 0 Å². The number of aromatic nitrogens is 1. The molecule has 0 radical (unpaired) electrons. The van der Waals surface area contributed by atoms with E-state index in [0.717, 1.165) is 42.8 Å². The number of halogens is 2. The molecule has 2 aliphatic rings. The number of fused-ring (bicyclic) bond motifs is 1. The Morgan fingerprint density at radius 1 is 1.09 bits per heavy atom. The summed E-state index contributed by atoms with van der Waals surface area (Å²) in [7, 11) is 1.76. The Balaban J connectivity index is 1.46. The van der Waals surface area contributed by atoms with E-state index in [-0.39, 0.29) is 32.9 Å². The molecule has 9 heteroatoms. The minimum Gasteiger partial charge on any atom is -0.378 e. The molecule has 0 spiro atoms. The summed E-state index contributed by atoms with van der Waals surface area (Å²) in [4.78, 5) is 31.1. The van der Waals surface area contributed by atoms with Crippen LogP contribution in [0.25, 0.3) is 10.9 Å². The molecule has 1 aromatic heterocycles. The fraction of sp³-hybridized carbons (Fsp3) is 0.346. The largest absolute Gasteiger partial charge is 0.378 e. The monoisotopic (exact) mass is 510 g/mol. The Labute approximate surface area is 213 Å². The summed E-state index contributed by atoms with van der Waals surface area (Å²) in [5, 5.41) is 10.4. The van der Waals surface area contributed by atoms with Crippen LogP contribution in [0.4, 0.5) is 0 Å². The summed E-state index contributed by atoms with van der Waals surface area (Å²) < 4.78 is 7.01. The Hall–Kier alpha value is -2.89. The second kappa shape index (κ2) is 9.29. The van der Waals surface area contributed by atoms with E-state index in [0.29, 0.717) is 30.4 Å². The Kier molecular flexibility index (Phi) is 6.32. The zero-order chi connectivity index (χ0) is 24.9. The van der Waals surface area contributed by atoms with Crippen molar-refractivity contribution in [1.29, 1.82) is 5.26 Å². The standard InChI is InChI=1S/C26H24Cl2N4O3/c1-15-9-16(12-29)10-21-19(15)11-22(30(21)2)25(33)23-20(27)4-3-18(24(23)28)26(34)32-7-5-31(6-8-32)17-13-35-14-17/h3-4,9-11,17H,5-8,13-14H2,1-2H3. The molecule has 0 atom stereocenters. The van der Waals surface area contributed by atoms with Gasteiger partial charge in [-0.1, -0.05) is 23.2 Å². The van der Waals surface area contributed by atoms with Gasteiger partial charge in [0.05, 0.1) is 57.8 Å². The van der Waals surface area contributed by atoms with Gasteiger partial charge in [-0.15, -0.1) is 0 Å². The number of ketones is 1. The number of benzene rings is 2. The first kappa shape index (κ1) is 23.8. The molecular weight excluding hydrogens is 487 g/mol. The lowest BCUT2D eigenvalue weighted by Gasteiger charge is -2.42. The highest BCUT2D eigenvalue weighted by Gasteiger charge is 2.32. The lowest BCUT2D eigenvalue weighted by Crippen LogP contribution is -2.57. The molecule has 7 nitrogen and oxygen atoms in total. The van der Waals surface area contributed by atoms with Crippen LogP contribution in [0.1, 0.15) is 37.5 Å². The maximum Gasteiger partial charge on any atom is 0.255 e. The lowest BCUT2D eigenvalue weighted by atomic mass is 10.0. The van der Waals surface area contributed by atoms with Crippen molar-refractivity contribution >= 4 is 45.8 Å². The Bertz CT molecular complexity index is 1400. The molecule has 0 aliphatic carbocycles. The van der Waals surface area contributed by atoms with Gasteiger partial charge >= 0.3 is 0 Å². The smallest absolute Gasteiger partial charge is 0.255 e. The molecule has 2 aromatic carbocycles. The third-order valence-corrected chi connectivity index (χ3v) is 7.73.